The number of nitriles is 1. The van der Waals surface area contributed by atoms with Gasteiger partial charge in [-0.1, -0.05) is 29.3 Å². The molecule has 2 rings (SSSR count). The summed E-state index contributed by atoms with van der Waals surface area (Å²) in [7, 11) is 0. The maximum atomic E-state index is 13.6. The zero-order valence-electron chi connectivity index (χ0n) is 9.75. The van der Waals surface area contributed by atoms with Crippen LogP contribution in [-0.4, -0.2) is 0 Å². The van der Waals surface area contributed by atoms with Gasteiger partial charge in [-0.15, -0.1) is 0 Å². The highest BCUT2D eigenvalue weighted by Gasteiger charge is 2.05. The quantitative estimate of drug-likeness (QED) is 0.897. The van der Waals surface area contributed by atoms with Crippen molar-refractivity contribution in [3.05, 3.63) is 63.4 Å². The molecule has 0 spiro atoms. The van der Waals surface area contributed by atoms with E-state index in [0.29, 0.717) is 26.9 Å². The Morgan fingerprint density at radius 1 is 1.16 bits per heavy atom. The molecule has 0 amide bonds. The van der Waals surface area contributed by atoms with E-state index in [-0.39, 0.29) is 12.4 Å². The molecule has 0 atom stereocenters. The van der Waals surface area contributed by atoms with Crippen LogP contribution in [0.25, 0.3) is 0 Å². The Balaban J connectivity index is 2.13. The summed E-state index contributed by atoms with van der Waals surface area (Å²) >= 11 is 11.7. The fraction of sp³-hybridized carbons (Fsp3) is 0.0714. The van der Waals surface area contributed by atoms with Crippen molar-refractivity contribution in [3.63, 3.8) is 0 Å². The van der Waals surface area contributed by atoms with Gasteiger partial charge in [-0.3, -0.25) is 0 Å². The molecule has 1 N–H and O–H groups in total. The lowest BCUT2D eigenvalue weighted by atomic mass is 10.2. The molecule has 0 aliphatic heterocycles. The fourth-order valence-corrected chi connectivity index (χ4v) is 1.99. The number of benzene rings is 2. The zero-order valence-corrected chi connectivity index (χ0v) is 11.3. The van der Waals surface area contributed by atoms with Crippen LogP contribution in [0, 0.1) is 17.1 Å². The lowest BCUT2D eigenvalue weighted by molar-refractivity contribution is 0.613. The minimum absolute atomic E-state index is 0.286. The second-order valence-corrected chi connectivity index (χ2v) is 4.74. The Kier molecular flexibility index (Phi) is 4.26. The average molecular weight is 295 g/mol. The van der Waals surface area contributed by atoms with E-state index in [9.17, 15) is 4.39 Å². The van der Waals surface area contributed by atoms with Crippen LogP contribution in [0.15, 0.2) is 36.4 Å². The summed E-state index contributed by atoms with van der Waals surface area (Å²) in [5.74, 6) is -0.371. The topological polar surface area (TPSA) is 35.8 Å². The minimum atomic E-state index is -0.371. The van der Waals surface area contributed by atoms with Gasteiger partial charge in [-0.25, -0.2) is 4.39 Å². The van der Waals surface area contributed by atoms with E-state index in [0.717, 1.165) is 0 Å². The molecule has 0 aromatic heterocycles. The molecular formula is C14H9Cl2FN2. The normalized spacial score (nSPS) is 10.0. The number of halogens is 3. The largest absolute Gasteiger partial charge is 0.380 e. The summed E-state index contributed by atoms with van der Waals surface area (Å²) in [5.41, 5.74) is 1.62. The number of hydrogen-bond acceptors (Lipinski definition) is 2. The van der Waals surface area contributed by atoms with Crippen LogP contribution >= 0.6 is 23.2 Å². The lowest BCUT2D eigenvalue weighted by Crippen LogP contribution is -2.02. The van der Waals surface area contributed by atoms with Gasteiger partial charge in [0.1, 0.15) is 5.82 Å². The van der Waals surface area contributed by atoms with Crippen molar-refractivity contribution in [3.8, 4) is 6.07 Å². The highest BCUT2D eigenvalue weighted by Crippen LogP contribution is 2.24. The zero-order chi connectivity index (χ0) is 13.8. The van der Waals surface area contributed by atoms with E-state index in [1.54, 1.807) is 30.3 Å². The Bertz CT molecular complexity index is 650. The van der Waals surface area contributed by atoms with Gasteiger partial charge in [-0.2, -0.15) is 5.26 Å². The lowest BCUT2D eigenvalue weighted by Gasteiger charge is -2.09. The molecular weight excluding hydrogens is 286 g/mol. The van der Waals surface area contributed by atoms with Gasteiger partial charge in [0.25, 0.3) is 0 Å². The van der Waals surface area contributed by atoms with E-state index >= 15 is 0 Å². The van der Waals surface area contributed by atoms with Gasteiger partial charge < -0.3 is 5.32 Å². The molecule has 5 heteroatoms. The van der Waals surface area contributed by atoms with Crippen LogP contribution in [0.2, 0.25) is 10.0 Å². The molecule has 0 radical (unpaired) electrons. The predicted molar refractivity (Wildman–Crippen MR) is 74.9 cm³/mol. The van der Waals surface area contributed by atoms with E-state index in [1.165, 1.54) is 6.07 Å². The minimum Gasteiger partial charge on any atom is -0.380 e. The number of rotatable bonds is 3. The Morgan fingerprint density at radius 3 is 2.58 bits per heavy atom. The van der Waals surface area contributed by atoms with Gasteiger partial charge in [0.05, 0.1) is 22.3 Å². The van der Waals surface area contributed by atoms with Crippen molar-refractivity contribution in [2.45, 2.75) is 6.54 Å². The summed E-state index contributed by atoms with van der Waals surface area (Å²) in [5, 5.41) is 12.5. The van der Waals surface area contributed by atoms with Crippen LogP contribution in [0.3, 0.4) is 0 Å². The number of nitrogens with zero attached hydrogens (tertiary/aromatic N) is 1. The molecule has 19 heavy (non-hydrogen) atoms. The number of hydrogen-bond donors (Lipinski definition) is 1. The van der Waals surface area contributed by atoms with Crippen molar-refractivity contribution in [1.29, 1.82) is 5.26 Å². The molecule has 0 aliphatic rings. The molecule has 0 heterocycles. The third kappa shape index (κ3) is 3.37. The van der Waals surface area contributed by atoms with Crippen molar-refractivity contribution >= 4 is 28.9 Å². The smallest absolute Gasteiger partial charge is 0.129 e. The van der Waals surface area contributed by atoms with Crippen molar-refractivity contribution in [2.24, 2.45) is 0 Å². The molecule has 0 aliphatic carbocycles. The molecule has 2 nitrogen and oxygen atoms in total. The molecule has 2 aromatic rings. The maximum absolute atomic E-state index is 13.6. The van der Waals surface area contributed by atoms with Crippen molar-refractivity contribution in [1.82, 2.24) is 0 Å². The van der Waals surface area contributed by atoms with E-state index in [2.05, 4.69) is 5.32 Å². The SMILES string of the molecule is N#Cc1ccc(NCc2ccc(Cl)cc2F)c(Cl)c1. The third-order valence-corrected chi connectivity index (χ3v) is 3.13. The second kappa shape index (κ2) is 5.92. The van der Waals surface area contributed by atoms with Crippen LogP contribution in [0.1, 0.15) is 11.1 Å². The highest BCUT2D eigenvalue weighted by molar-refractivity contribution is 6.33. The Morgan fingerprint density at radius 2 is 1.95 bits per heavy atom. The fourth-order valence-electron chi connectivity index (χ4n) is 1.58. The maximum Gasteiger partial charge on any atom is 0.129 e. The van der Waals surface area contributed by atoms with Crippen LogP contribution in [-0.2, 0) is 6.54 Å². The van der Waals surface area contributed by atoms with Gasteiger partial charge >= 0.3 is 0 Å². The second-order valence-electron chi connectivity index (χ2n) is 3.90. The molecule has 0 fully saturated rings. The highest BCUT2D eigenvalue weighted by atomic mass is 35.5. The monoisotopic (exact) mass is 294 g/mol. The molecule has 0 saturated carbocycles. The van der Waals surface area contributed by atoms with Crippen LogP contribution in [0.4, 0.5) is 10.1 Å². The summed E-state index contributed by atoms with van der Waals surface area (Å²) in [6.07, 6.45) is 0. The molecule has 0 unspecified atom stereocenters. The van der Waals surface area contributed by atoms with Gasteiger partial charge in [0.2, 0.25) is 0 Å². The molecule has 96 valence electrons. The number of nitrogens with one attached hydrogen (secondary N) is 1. The Labute approximate surface area is 120 Å². The van der Waals surface area contributed by atoms with E-state index in [1.807, 2.05) is 6.07 Å². The van der Waals surface area contributed by atoms with Gasteiger partial charge in [0, 0.05) is 17.1 Å². The van der Waals surface area contributed by atoms with Gasteiger partial charge in [0.15, 0.2) is 0 Å². The summed E-state index contributed by atoms with van der Waals surface area (Å²) < 4.78 is 13.6. The summed E-state index contributed by atoms with van der Waals surface area (Å²) in [6, 6.07) is 11.4. The standard InChI is InChI=1S/C14H9Cl2FN2/c15-11-3-2-10(13(17)6-11)8-19-14-4-1-9(7-18)5-12(14)16/h1-6,19H,8H2. The summed E-state index contributed by atoms with van der Waals surface area (Å²) in [6.45, 7) is 0.286. The number of anilines is 1. The first-order valence-electron chi connectivity index (χ1n) is 5.47. The van der Waals surface area contributed by atoms with Crippen molar-refractivity contribution in [2.75, 3.05) is 5.32 Å². The van der Waals surface area contributed by atoms with Crippen LogP contribution in [0.5, 0.6) is 0 Å². The first-order valence-corrected chi connectivity index (χ1v) is 6.23. The molecule has 0 saturated heterocycles. The van der Waals surface area contributed by atoms with Crippen molar-refractivity contribution < 1.29 is 4.39 Å². The summed E-state index contributed by atoms with van der Waals surface area (Å²) in [4.78, 5) is 0. The predicted octanol–water partition coefficient (Wildman–Crippen LogP) is 4.62. The van der Waals surface area contributed by atoms with Gasteiger partial charge in [-0.05, 0) is 30.3 Å². The average Bonchev–Trinajstić information content (AvgIpc) is 2.39. The third-order valence-electron chi connectivity index (χ3n) is 2.58. The Hall–Kier alpha value is -1.76. The first-order chi connectivity index (χ1) is 9.10. The molecule has 0 bridgehead atoms. The van der Waals surface area contributed by atoms with E-state index < -0.39 is 0 Å². The van der Waals surface area contributed by atoms with Crippen LogP contribution < -0.4 is 5.32 Å². The first kappa shape index (κ1) is 13.7. The molecule has 2 aromatic carbocycles. The van der Waals surface area contributed by atoms with E-state index in [4.69, 9.17) is 28.5 Å².